The van der Waals surface area contributed by atoms with Crippen molar-refractivity contribution in [2.75, 3.05) is 13.2 Å². The summed E-state index contributed by atoms with van der Waals surface area (Å²) in [4.78, 5) is 24.7. The van der Waals surface area contributed by atoms with Crippen LogP contribution >= 0.6 is 0 Å². The van der Waals surface area contributed by atoms with Crippen LogP contribution in [0.2, 0.25) is 0 Å². The van der Waals surface area contributed by atoms with Crippen molar-refractivity contribution >= 4 is 11.9 Å². The fourth-order valence-corrected chi connectivity index (χ4v) is 12.4. The van der Waals surface area contributed by atoms with Crippen molar-refractivity contribution in [3.63, 3.8) is 0 Å². The van der Waals surface area contributed by atoms with Gasteiger partial charge in [0.15, 0.2) is 0 Å². The first-order valence-corrected chi connectivity index (χ1v) is 37.8. The lowest BCUT2D eigenvalue weighted by Gasteiger charge is -2.22. The third-order valence-corrected chi connectivity index (χ3v) is 18.2. The summed E-state index contributed by atoms with van der Waals surface area (Å²) in [6.07, 6.45) is 87.4. The third-order valence-electron chi connectivity index (χ3n) is 18.2. The lowest BCUT2D eigenvalue weighted by molar-refractivity contribution is -0.143. The summed E-state index contributed by atoms with van der Waals surface area (Å²) in [5.41, 5.74) is 0. The quantitative estimate of drug-likeness (QED) is 0.0417. The number of unbranched alkanes of at least 4 members (excludes halogenated alkanes) is 61. The van der Waals surface area contributed by atoms with E-state index in [1.807, 2.05) is 0 Å². The molecular weight excluding hydrogens is 995 g/mol. The van der Waals surface area contributed by atoms with Crippen LogP contribution in [-0.4, -0.2) is 47.4 Å². The minimum atomic E-state index is -0.662. The molecule has 0 aliphatic rings. The Morgan fingerprint density at radius 1 is 0.296 bits per heavy atom. The summed E-state index contributed by atoms with van der Waals surface area (Å²) in [7, 11) is 0. The molecule has 0 aliphatic carbocycles. The van der Waals surface area contributed by atoms with E-state index in [9.17, 15) is 19.8 Å². The number of carbonyl (C=O) groups excluding carboxylic acids is 2. The molecule has 0 fully saturated rings. The normalized spacial score (nSPS) is 12.4. The van der Waals surface area contributed by atoms with Crippen molar-refractivity contribution in [2.45, 2.75) is 456 Å². The molecule has 0 spiro atoms. The molecule has 0 aromatic heterocycles. The number of nitrogens with one attached hydrogen (secondary N) is 1. The van der Waals surface area contributed by atoms with Gasteiger partial charge in [0.25, 0.3) is 0 Å². The number of carbonyl (C=O) groups is 2. The molecule has 0 saturated heterocycles. The average Bonchev–Trinajstić information content (AvgIpc) is 3.47. The SMILES string of the molecule is CCCCCCCCCCCCCCCCCCCCCC(=O)OCCCCCCCCCCCCCCCCCCCCCCCCCCCCCC(=O)NC(CO)C(O)CCCCCCCCCCCCCCCCCCCC. The Kier molecular flexibility index (Phi) is 70.3. The van der Waals surface area contributed by atoms with Crippen LogP contribution in [0.4, 0.5) is 0 Å². The number of aliphatic hydroxyl groups is 2. The van der Waals surface area contributed by atoms with Crippen LogP contribution in [0.15, 0.2) is 0 Å². The maximum absolute atomic E-state index is 12.5. The van der Waals surface area contributed by atoms with Crippen LogP contribution < -0.4 is 5.32 Å². The molecule has 0 rings (SSSR count). The Labute approximate surface area is 508 Å². The van der Waals surface area contributed by atoms with E-state index in [4.69, 9.17) is 4.74 Å². The summed E-state index contributed by atoms with van der Waals surface area (Å²) in [6.45, 7) is 5.02. The molecule has 81 heavy (non-hydrogen) atoms. The van der Waals surface area contributed by atoms with E-state index in [-0.39, 0.29) is 18.5 Å². The first-order valence-electron chi connectivity index (χ1n) is 37.8. The van der Waals surface area contributed by atoms with Gasteiger partial charge in [-0.15, -0.1) is 0 Å². The molecule has 6 heteroatoms. The Balaban J connectivity index is 3.32. The van der Waals surface area contributed by atoms with Crippen molar-refractivity contribution in [3.8, 4) is 0 Å². The third kappa shape index (κ3) is 67.9. The minimum absolute atomic E-state index is 0.0245. The van der Waals surface area contributed by atoms with Gasteiger partial charge in [-0.2, -0.15) is 0 Å². The second-order valence-electron chi connectivity index (χ2n) is 26.4. The van der Waals surface area contributed by atoms with Crippen LogP contribution in [0, 0.1) is 0 Å². The Morgan fingerprint density at radius 3 is 0.753 bits per heavy atom. The van der Waals surface area contributed by atoms with Crippen LogP contribution in [-0.2, 0) is 14.3 Å². The molecular formula is C75H149NO5. The predicted octanol–water partition coefficient (Wildman–Crippen LogP) is 24.5. The van der Waals surface area contributed by atoms with Crippen molar-refractivity contribution in [3.05, 3.63) is 0 Å². The molecule has 3 N–H and O–H groups in total. The highest BCUT2D eigenvalue weighted by molar-refractivity contribution is 5.76. The zero-order valence-corrected chi connectivity index (χ0v) is 55.6. The van der Waals surface area contributed by atoms with Gasteiger partial charge in [-0.25, -0.2) is 0 Å². The standard InChI is InChI=1S/C75H149NO5/c1-3-5-7-9-11-13-15-17-19-21-32-37-41-45-49-53-57-61-65-69-75(80)81-70-66-62-58-54-50-46-42-38-34-31-29-27-25-23-24-26-28-30-33-36-40-44-48-52-56-60-64-68-74(79)76-72(71-77)73(78)67-63-59-55-51-47-43-39-35-22-20-18-16-14-12-10-8-6-4-2/h72-73,77-78H,3-71H2,1-2H3,(H,76,79). The molecule has 0 aromatic carbocycles. The zero-order chi connectivity index (χ0) is 58.5. The number of ether oxygens (including phenoxy) is 1. The van der Waals surface area contributed by atoms with Gasteiger partial charge in [0, 0.05) is 12.8 Å². The van der Waals surface area contributed by atoms with E-state index in [0.717, 1.165) is 38.5 Å². The van der Waals surface area contributed by atoms with Crippen LogP contribution in [0.25, 0.3) is 0 Å². The molecule has 0 aliphatic heterocycles. The van der Waals surface area contributed by atoms with Crippen LogP contribution in [0.5, 0.6) is 0 Å². The van der Waals surface area contributed by atoms with E-state index in [1.165, 1.54) is 372 Å². The van der Waals surface area contributed by atoms with Crippen LogP contribution in [0.1, 0.15) is 444 Å². The number of rotatable bonds is 72. The summed E-state index contributed by atoms with van der Waals surface area (Å²) in [5, 5.41) is 23.4. The van der Waals surface area contributed by atoms with Gasteiger partial charge < -0.3 is 20.3 Å². The maximum Gasteiger partial charge on any atom is 0.305 e. The molecule has 0 saturated carbocycles. The van der Waals surface area contributed by atoms with Gasteiger partial charge in [0.1, 0.15) is 0 Å². The van der Waals surface area contributed by atoms with Gasteiger partial charge in [-0.3, -0.25) is 9.59 Å². The largest absolute Gasteiger partial charge is 0.466 e. The summed E-state index contributed by atoms with van der Waals surface area (Å²) < 4.78 is 5.52. The van der Waals surface area contributed by atoms with Gasteiger partial charge in [0.2, 0.25) is 5.91 Å². The van der Waals surface area contributed by atoms with E-state index >= 15 is 0 Å². The molecule has 2 unspecified atom stereocenters. The number of aliphatic hydroxyl groups excluding tert-OH is 2. The van der Waals surface area contributed by atoms with Gasteiger partial charge >= 0.3 is 5.97 Å². The highest BCUT2D eigenvalue weighted by Gasteiger charge is 2.20. The topological polar surface area (TPSA) is 95.9 Å². The summed E-state index contributed by atoms with van der Waals surface area (Å²) in [6, 6.07) is -0.539. The molecule has 0 bridgehead atoms. The number of amides is 1. The molecule has 0 radical (unpaired) electrons. The molecule has 1 amide bonds. The first kappa shape index (κ1) is 79.9. The molecule has 0 aromatic rings. The second kappa shape index (κ2) is 71.3. The average molecular weight is 1150 g/mol. The van der Waals surface area contributed by atoms with Crippen molar-refractivity contribution in [1.29, 1.82) is 0 Å². The van der Waals surface area contributed by atoms with E-state index in [0.29, 0.717) is 25.9 Å². The van der Waals surface area contributed by atoms with Crippen LogP contribution in [0.3, 0.4) is 0 Å². The smallest absolute Gasteiger partial charge is 0.305 e. The lowest BCUT2D eigenvalue weighted by atomic mass is 10.0. The van der Waals surface area contributed by atoms with Crippen molar-refractivity contribution < 1.29 is 24.5 Å². The maximum atomic E-state index is 12.5. The predicted molar refractivity (Wildman–Crippen MR) is 357 cm³/mol. The molecule has 484 valence electrons. The van der Waals surface area contributed by atoms with Gasteiger partial charge in [-0.1, -0.05) is 406 Å². The Hall–Kier alpha value is -1.14. The fraction of sp³-hybridized carbons (Fsp3) is 0.973. The number of esters is 1. The lowest BCUT2D eigenvalue weighted by Crippen LogP contribution is -2.45. The van der Waals surface area contributed by atoms with Gasteiger partial charge in [0.05, 0.1) is 25.4 Å². The first-order chi connectivity index (χ1) is 40.0. The van der Waals surface area contributed by atoms with E-state index in [1.54, 1.807) is 0 Å². The monoisotopic (exact) mass is 1140 g/mol. The molecule has 6 nitrogen and oxygen atoms in total. The number of hydrogen-bond acceptors (Lipinski definition) is 5. The summed E-state index contributed by atoms with van der Waals surface area (Å²) >= 11 is 0. The van der Waals surface area contributed by atoms with E-state index in [2.05, 4.69) is 19.2 Å². The number of hydrogen-bond donors (Lipinski definition) is 3. The molecule has 2 atom stereocenters. The fourth-order valence-electron chi connectivity index (χ4n) is 12.4. The van der Waals surface area contributed by atoms with E-state index < -0.39 is 12.1 Å². The van der Waals surface area contributed by atoms with Crippen molar-refractivity contribution in [2.24, 2.45) is 0 Å². The molecule has 0 heterocycles. The Bertz CT molecular complexity index is 1180. The second-order valence-corrected chi connectivity index (χ2v) is 26.4. The minimum Gasteiger partial charge on any atom is -0.466 e. The van der Waals surface area contributed by atoms with Crippen molar-refractivity contribution in [1.82, 2.24) is 5.32 Å². The highest BCUT2D eigenvalue weighted by atomic mass is 16.5. The van der Waals surface area contributed by atoms with Gasteiger partial charge in [-0.05, 0) is 25.7 Å². The highest BCUT2D eigenvalue weighted by Crippen LogP contribution is 2.20. The summed E-state index contributed by atoms with van der Waals surface area (Å²) in [5.74, 6) is -0.00265. The Morgan fingerprint density at radius 2 is 0.506 bits per heavy atom. The zero-order valence-electron chi connectivity index (χ0n) is 55.6.